The Morgan fingerprint density at radius 3 is 2.50 bits per heavy atom. The second-order valence-electron chi connectivity index (χ2n) is 6.51. The Morgan fingerprint density at radius 2 is 1.81 bits per heavy atom. The highest BCUT2D eigenvalue weighted by molar-refractivity contribution is 7.10. The fourth-order valence-corrected chi connectivity index (χ4v) is 3.46. The van der Waals surface area contributed by atoms with Crippen LogP contribution < -0.4 is 14.8 Å². The van der Waals surface area contributed by atoms with Crippen LogP contribution in [0.2, 0.25) is 0 Å². The number of hydrogen-bond donors (Lipinski definition) is 1. The van der Waals surface area contributed by atoms with Gasteiger partial charge in [0.15, 0.2) is 11.5 Å². The van der Waals surface area contributed by atoms with Crippen LogP contribution in [0.1, 0.15) is 16.1 Å². The summed E-state index contributed by atoms with van der Waals surface area (Å²) in [5, 5.41) is 10.8. The average Bonchev–Trinajstić information content (AvgIpc) is 3.41. The number of carbonyl (C=O) groups is 1. The molecule has 0 unspecified atom stereocenters. The molecule has 2 aromatic carbocycles. The number of anilines is 1. The van der Waals surface area contributed by atoms with E-state index in [-0.39, 0.29) is 22.3 Å². The maximum Gasteiger partial charge on any atom is 0.257 e. The van der Waals surface area contributed by atoms with Gasteiger partial charge in [0.25, 0.3) is 5.91 Å². The van der Waals surface area contributed by atoms with Crippen LogP contribution in [0, 0.1) is 18.6 Å². The molecule has 2 aromatic heterocycles. The summed E-state index contributed by atoms with van der Waals surface area (Å²) < 4.78 is 43.4. The molecule has 0 atom stereocenters. The van der Waals surface area contributed by atoms with Crippen molar-refractivity contribution in [1.29, 1.82) is 0 Å². The van der Waals surface area contributed by atoms with Gasteiger partial charge in [0, 0.05) is 29.2 Å². The lowest BCUT2D eigenvalue weighted by molar-refractivity contribution is 0.102. The van der Waals surface area contributed by atoms with Crippen LogP contribution in [-0.2, 0) is 0 Å². The number of ether oxygens (including phenoxy) is 2. The fourth-order valence-electron chi connectivity index (χ4n) is 2.89. The summed E-state index contributed by atoms with van der Waals surface area (Å²) in [6.07, 6.45) is 0. The monoisotopic (exact) mass is 458 g/mol. The SMILES string of the molecule is COc1cc(OC)cc(C(=O)Nc2nc(-c3nnn(-c4cc(F)ccc4F)c3C)ns2)c1. The number of rotatable bonds is 6. The molecule has 1 amide bonds. The molecule has 0 aliphatic carbocycles. The van der Waals surface area contributed by atoms with E-state index in [9.17, 15) is 13.6 Å². The normalized spacial score (nSPS) is 10.8. The number of methoxy groups -OCH3 is 2. The molecule has 12 heteroatoms. The van der Waals surface area contributed by atoms with Crippen LogP contribution >= 0.6 is 11.5 Å². The lowest BCUT2D eigenvalue weighted by Gasteiger charge is -2.07. The first-order valence-corrected chi connectivity index (χ1v) is 9.93. The van der Waals surface area contributed by atoms with Gasteiger partial charge in [-0.1, -0.05) is 5.21 Å². The van der Waals surface area contributed by atoms with E-state index in [0.717, 1.165) is 34.4 Å². The Labute approximate surface area is 184 Å². The maximum absolute atomic E-state index is 14.1. The van der Waals surface area contributed by atoms with E-state index >= 15 is 0 Å². The molecule has 4 rings (SSSR count). The molecule has 0 aliphatic rings. The standard InChI is InChI=1S/C20H16F2N6O3S/c1-10-17(25-27-28(10)16-8-12(21)4-5-15(16)22)18-23-20(32-26-18)24-19(29)11-6-13(30-2)9-14(7-11)31-3/h4-9H,1-3H3,(H,23,24,26,29). The third-order valence-electron chi connectivity index (χ3n) is 4.50. The molecule has 0 spiro atoms. The van der Waals surface area contributed by atoms with Crippen molar-refractivity contribution in [3.63, 3.8) is 0 Å². The molecule has 0 aliphatic heterocycles. The van der Waals surface area contributed by atoms with Crippen molar-refractivity contribution >= 4 is 22.6 Å². The molecule has 2 heterocycles. The third-order valence-corrected chi connectivity index (χ3v) is 5.13. The van der Waals surface area contributed by atoms with Crippen molar-refractivity contribution in [2.24, 2.45) is 0 Å². The minimum atomic E-state index is -0.654. The Kier molecular flexibility index (Phi) is 5.77. The minimum absolute atomic E-state index is 0.0861. The fraction of sp³-hybridized carbons (Fsp3) is 0.150. The molecule has 0 fully saturated rings. The number of carbonyl (C=O) groups excluding carboxylic acids is 1. The van der Waals surface area contributed by atoms with Gasteiger partial charge in [0.2, 0.25) is 5.13 Å². The number of amides is 1. The van der Waals surface area contributed by atoms with E-state index in [4.69, 9.17) is 9.47 Å². The first kappa shape index (κ1) is 21.3. The Balaban J connectivity index is 1.58. The second kappa shape index (κ2) is 8.67. The molecule has 4 aromatic rings. The zero-order valence-corrected chi connectivity index (χ0v) is 17.9. The summed E-state index contributed by atoms with van der Waals surface area (Å²) in [7, 11) is 2.97. The molecular formula is C20H16F2N6O3S. The van der Waals surface area contributed by atoms with Crippen LogP contribution in [0.25, 0.3) is 17.2 Å². The summed E-state index contributed by atoms with van der Waals surface area (Å²) in [5.41, 5.74) is 0.898. The summed E-state index contributed by atoms with van der Waals surface area (Å²) in [4.78, 5) is 16.9. The minimum Gasteiger partial charge on any atom is -0.497 e. The van der Waals surface area contributed by atoms with Crippen molar-refractivity contribution in [2.45, 2.75) is 6.92 Å². The highest BCUT2D eigenvalue weighted by atomic mass is 32.1. The van der Waals surface area contributed by atoms with Gasteiger partial charge in [-0.05, 0) is 31.2 Å². The zero-order valence-electron chi connectivity index (χ0n) is 17.1. The largest absolute Gasteiger partial charge is 0.497 e. The van der Waals surface area contributed by atoms with E-state index in [1.165, 1.54) is 14.2 Å². The summed E-state index contributed by atoms with van der Waals surface area (Å²) in [6.45, 7) is 1.63. The van der Waals surface area contributed by atoms with E-state index < -0.39 is 17.5 Å². The average molecular weight is 458 g/mol. The number of aromatic nitrogens is 5. The summed E-state index contributed by atoms with van der Waals surface area (Å²) >= 11 is 0.940. The highest BCUT2D eigenvalue weighted by Crippen LogP contribution is 2.26. The van der Waals surface area contributed by atoms with Crippen molar-refractivity contribution in [3.05, 3.63) is 59.3 Å². The molecule has 32 heavy (non-hydrogen) atoms. The van der Waals surface area contributed by atoms with Gasteiger partial charge in [-0.3, -0.25) is 10.1 Å². The van der Waals surface area contributed by atoms with E-state index in [1.807, 2.05) is 0 Å². The Bertz CT molecular complexity index is 1280. The lowest BCUT2D eigenvalue weighted by atomic mass is 10.2. The first-order chi connectivity index (χ1) is 15.4. The van der Waals surface area contributed by atoms with Crippen LogP contribution in [0.5, 0.6) is 11.5 Å². The van der Waals surface area contributed by atoms with Crippen molar-refractivity contribution in [2.75, 3.05) is 19.5 Å². The van der Waals surface area contributed by atoms with E-state index in [2.05, 4.69) is 25.0 Å². The van der Waals surface area contributed by atoms with Gasteiger partial charge in [0.1, 0.15) is 28.8 Å². The van der Waals surface area contributed by atoms with Gasteiger partial charge in [-0.25, -0.2) is 13.5 Å². The van der Waals surface area contributed by atoms with Gasteiger partial charge >= 0.3 is 0 Å². The van der Waals surface area contributed by atoms with Crippen LogP contribution in [-0.4, -0.2) is 44.5 Å². The molecular weight excluding hydrogens is 442 g/mol. The van der Waals surface area contributed by atoms with Gasteiger partial charge < -0.3 is 9.47 Å². The molecule has 0 saturated heterocycles. The van der Waals surface area contributed by atoms with Gasteiger partial charge in [0.05, 0.1) is 19.9 Å². The number of benzene rings is 2. The molecule has 0 bridgehead atoms. The van der Waals surface area contributed by atoms with Crippen LogP contribution in [0.15, 0.2) is 36.4 Å². The quantitative estimate of drug-likeness (QED) is 0.470. The lowest BCUT2D eigenvalue weighted by Crippen LogP contribution is -2.12. The van der Waals surface area contributed by atoms with Gasteiger partial charge in [-0.15, -0.1) is 5.10 Å². The molecule has 1 N–H and O–H groups in total. The Morgan fingerprint density at radius 1 is 1.09 bits per heavy atom. The third kappa shape index (κ3) is 4.12. The first-order valence-electron chi connectivity index (χ1n) is 9.16. The van der Waals surface area contributed by atoms with Crippen molar-refractivity contribution < 1.29 is 23.0 Å². The molecule has 0 saturated carbocycles. The van der Waals surface area contributed by atoms with Gasteiger partial charge in [-0.2, -0.15) is 9.36 Å². The van der Waals surface area contributed by atoms with Crippen LogP contribution in [0.4, 0.5) is 13.9 Å². The second-order valence-corrected chi connectivity index (χ2v) is 7.26. The van der Waals surface area contributed by atoms with Crippen molar-refractivity contribution in [3.8, 4) is 28.7 Å². The topological polar surface area (TPSA) is 104 Å². The van der Waals surface area contributed by atoms with Crippen LogP contribution in [0.3, 0.4) is 0 Å². The predicted molar refractivity (Wildman–Crippen MR) is 112 cm³/mol. The number of halogens is 2. The maximum atomic E-state index is 14.1. The molecule has 9 nitrogen and oxygen atoms in total. The molecule has 164 valence electrons. The number of nitrogens with zero attached hydrogens (tertiary/aromatic N) is 5. The number of nitrogens with one attached hydrogen (secondary N) is 1. The predicted octanol–water partition coefficient (Wildman–Crippen LogP) is 3.64. The Hall–Kier alpha value is -3.93. The summed E-state index contributed by atoms with van der Waals surface area (Å²) in [6, 6.07) is 7.80. The summed E-state index contributed by atoms with van der Waals surface area (Å²) in [5.74, 6) is -0.586. The number of hydrogen-bond acceptors (Lipinski definition) is 8. The zero-order chi connectivity index (χ0) is 22.8. The van der Waals surface area contributed by atoms with E-state index in [0.29, 0.717) is 22.8 Å². The highest BCUT2D eigenvalue weighted by Gasteiger charge is 2.20. The van der Waals surface area contributed by atoms with E-state index in [1.54, 1.807) is 25.1 Å². The van der Waals surface area contributed by atoms with Crippen molar-refractivity contribution in [1.82, 2.24) is 24.4 Å². The smallest absolute Gasteiger partial charge is 0.257 e. The molecule has 0 radical (unpaired) electrons.